The summed E-state index contributed by atoms with van der Waals surface area (Å²) in [4.78, 5) is 11.1. The van der Waals surface area contributed by atoms with Crippen molar-refractivity contribution in [3.05, 3.63) is 0 Å². The molecule has 1 atom stereocenters. The second-order valence-corrected chi connectivity index (χ2v) is 5.51. The number of carbonyl (C=O) groups excluding carboxylic acids is 1. The zero-order valence-electron chi connectivity index (χ0n) is 8.62. The molecular formula is C8H18N2O3S. The Kier molecular flexibility index (Phi) is 5.71. The minimum atomic E-state index is -3.00. The predicted octanol–water partition coefficient (Wildman–Crippen LogP) is -0.725. The summed E-state index contributed by atoms with van der Waals surface area (Å²) < 4.78 is 22.1. The molecule has 14 heavy (non-hydrogen) atoms. The molecule has 5 nitrogen and oxygen atoms in total. The highest BCUT2D eigenvalue weighted by atomic mass is 32.2. The first-order valence-electron chi connectivity index (χ1n) is 4.66. The number of amides is 1. The third-order valence-electron chi connectivity index (χ3n) is 1.93. The van der Waals surface area contributed by atoms with E-state index in [9.17, 15) is 13.2 Å². The van der Waals surface area contributed by atoms with E-state index in [0.29, 0.717) is 6.42 Å². The van der Waals surface area contributed by atoms with Crippen molar-refractivity contribution in [3.63, 3.8) is 0 Å². The van der Waals surface area contributed by atoms with Gasteiger partial charge < -0.3 is 11.1 Å². The Labute approximate surface area is 85.0 Å². The molecule has 0 saturated carbocycles. The quantitative estimate of drug-likeness (QED) is 0.620. The summed E-state index contributed by atoms with van der Waals surface area (Å²) in [6, 6.07) is -0.542. The molecule has 0 saturated heterocycles. The molecule has 84 valence electrons. The van der Waals surface area contributed by atoms with E-state index in [0.717, 1.165) is 0 Å². The lowest BCUT2D eigenvalue weighted by atomic mass is 10.2. The molecule has 0 aromatic carbocycles. The number of sulfone groups is 1. The third-order valence-corrected chi connectivity index (χ3v) is 3.63. The fourth-order valence-electron chi connectivity index (χ4n) is 0.791. The van der Waals surface area contributed by atoms with Crippen LogP contribution in [0.4, 0.5) is 0 Å². The van der Waals surface area contributed by atoms with Crippen molar-refractivity contribution >= 4 is 15.7 Å². The highest BCUT2D eigenvalue weighted by molar-refractivity contribution is 7.91. The molecule has 0 aliphatic carbocycles. The summed E-state index contributed by atoms with van der Waals surface area (Å²) in [6.45, 7) is 3.52. The van der Waals surface area contributed by atoms with Gasteiger partial charge >= 0.3 is 0 Å². The maximum atomic E-state index is 11.1. The Balaban J connectivity index is 3.81. The first kappa shape index (κ1) is 13.4. The van der Waals surface area contributed by atoms with Gasteiger partial charge in [0, 0.05) is 12.3 Å². The van der Waals surface area contributed by atoms with Gasteiger partial charge in [0.15, 0.2) is 9.84 Å². The van der Waals surface area contributed by atoms with Crippen LogP contribution in [0.3, 0.4) is 0 Å². The fraction of sp³-hybridized carbons (Fsp3) is 0.875. The van der Waals surface area contributed by atoms with Crippen LogP contribution in [0.1, 0.15) is 20.3 Å². The van der Waals surface area contributed by atoms with Gasteiger partial charge in [-0.15, -0.1) is 0 Å². The zero-order chi connectivity index (χ0) is 11.2. The van der Waals surface area contributed by atoms with E-state index < -0.39 is 15.9 Å². The van der Waals surface area contributed by atoms with Gasteiger partial charge in [0.25, 0.3) is 0 Å². The van der Waals surface area contributed by atoms with Crippen LogP contribution in [0, 0.1) is 0 Å². The molecule has 0 aliphatic rings. The highest BCUT2D eigenvalue weighted by Crippen LogP contribution is 1.89. The van der Waals surface area contributed by atoms with Gasteiger partial charge in [0.1, 0.15) is 0 Å². The average molecular weight is 222 g/mol. The van der Waals surface area contributed by atoms with E-state index in [2.05, 4.69) is 5.32 Å². The van der Waals surface area contributed by atoms with E-state index in [4.69, 9.17) is 5.73 Å². The molecule has 0 aliphatic heterocycles. The van der Waals surface area contributed by atoms with Crippen molar-refractivity contribution in [1.82, 2.24) is 5.32 Å². The van der Waals surface area contributed by atoms with Gasteiger partial charge in [-0.2, -0.15) is 0 Å². The van der Waals surface area contributed by atoms with Crippen LogP contribution in [0.5, 0.6) is 0 Å². The largest absolute Gasteiger partial charge is 0.354 e. The molecule has 6 heteroatoms. The molecule has 0 fully saturated rings. The third kappa shape index (κ3) is 5.18. The molecule has 0 aromatic heterocycles. The maximum absolute atomic E-state index is 11.1. The first-order chi connectivity index (χ1) is 6.43. The van der Waals surface area contributed by atoms with Crippen LogP contribution in [-0.2, 0) is 14.6 Å². The van der Waals surface area contributed by atoms with E-state index in [-0.39, 0.29) is 24.0 Å². The smallest absolute Gasteiger partial charge is 0.236 e. The lowest BCUT2D eigenvalue weighted by Gasteiger charge is -2.09. The number of carbonyl (C=O) groups is 1. The summed E-state index contributed by atoms with van der Waals surface area (Å²) in [5, 5.41) is 2.48. The molecule has 0 radical (unpaired) electrons. The van der Waals surface area contributed by atoms with Crippen molar-refractivity contribution in [3.8, 4) is 0 Å². The highest BCUT2D eigenvalue weighted by Gasteiger charge is 2.12. The summed E-state index contributed by atoms with van der Waals surface area (Å²) >= 11 is 0. The van der Waals surface area contributed by atoms with Crippen LogP contribution >= 0.6 is 0 Å². The number of hydrogen-bond acceptors (Lipinski definition) is 4. The zero-order valence-corrected chi connectivity index (χ0v) is 9.43. The maximum Gasteiger partial charge on any atom is 0.236 e. The fourth-order valence-corrected chi connectivity index (χ4v) is 1.49. The van der Waals surface area contributed by atoms with Crippen LogP contribution in [0.25, 0.3) is 0 Å². The minimum Gasteiger partial charge on any atom is -0.354 e. The summed E-state index contributed by atoms with van der Waals surface area (Å²) in [5.74, 6) is -0.215. The monoisotopic (exact) mass is 222 g/mol. The average Bonchev–Trinajstić information content (AvgIpc) is 2.16. The van der Waals surface area contributed by atoms with Crippen LogP contribution < -0.4 is 11.1 Å². The topological polar surface area (TPSA) is 89.3 Å². The molecule has 0 heterocycles. The molecule has 0 unspecified atom stereocenters. The van der Waals surface area contributed by atoms with Crippen LogP contribution in [-0.4, -0.2) is 38.4 Å². The van der Waals surface area contributed by atoms with Crippen LogP contribution in [0.15, 0.2) is 0 Å². The Morgan fingerprint density at radius 3 is 2.43 bits per heavy atom. The summed E-state index contributed by atoms with van der Waals surface area (Å²) in [5.41, 5.74) is 5.44. The second-order valence-electron chi connectivity index (χ2n) is 3.04. The Hall–Kier alpha value is -0.620. The minimum absolute atomic E-state index is 0.0221. The summed E-state index contributed by atoms with van der Waals surface area (Å²) in [7, 11) is -3.00. The number of nitrogens with two attached hydrogens (primary N) is 1. The van der Waals surface area contributed by atoms with Gasteiger partial charge in [-0.1, -0.05) is 13.8 Å². The molecule has 0 aromatic rings. The Morgan fingerprint density at radius 2 is 2.00 bits per heavy atom. The van der Waals surface area contributed by atoms with Gasteiger partial charge in [0.2, 0.25) is 5.91 Å². The predicted molar refractivity (Wildman–Crippen MR) is 55.6 cm³/mol. The van der Waals surface area contributed by atoms with Gasteiger partial charge in [-0.25, -0.2) is 8.42 Å². The number of hydrogen-bond donors (Lipinski definition) is 2. The molecule has 0 bridgehead atoms. The van der Waals surface area contributed by atoms with Crippen molar-refractivity contribution in [2.75, 3.05) is 18.1 Å². The molecular weight excluding hydrogens is 204 g/mol. The summed E-state index contributed by atoms with van der Waals surface area (Å²) in [6.07, 6.45) is 0.548. The number of nitrogens with one attached hydrogen (secondary N) is 1. The van der Waals surface area contributed by atoms with Gasteiger partial charge in [-0.3, -0.25) is 4.79 Å². The van der Waals surface area contributed by atoms with E-state index in [1.165, 1.54) is 0 Å². The van der Waals surface area contributed by atoms with Crippen molar-refractivity contribution in [2.24, 2.45) is 5.73 Å². The van der Waals surface area contributed by atoms with Crippen molar-refractivity contribution in [1.29, 1.82) is 0 Å². The molecule has 1 amide bonds. The van der Waals surface area contributed by atoms with Crippen LogP contribution in [0.2, 0.25) is 0 Å². The second kappa shape index (κ2) is 5.98. The first-order valence-corrected chi connectivity index (χ1v) is 6.48. The van der Waals surface area contributed by atoms with E-state index >= 15 is 0 Å². The normalized spacial score (nSPS) is 13.6. The Morgan fingerprint density at radius 1 is 1.43 bits per heavy atom. The van der Waals surface area contributed by atoms with E-state index in [1.54, 1.807) is 13.8 Å². The van der Waals surface area contributed by atoms with E-state index in [1.807, 2.05) is 0 Å². The van der Waals surface area contributed by atoms with Crippen molar-refractivity contribution < 1.29 is 13.2 Å². The Bertz CT molecular complexity index is 274. The lowest BCUT2D eigenvalue weighted by molar-refractivity contribution is -0.122. The standard InChI is InChI=1S/C8H18N2O3S/c1-3-7(9)8(11)10-5-6-14(12,13)4-2/h7H,3-6,9H2,1-2H3,(H,10,11)/t7-/m0/s1. The lowest BCUT2D eigenvalue weighted by Crippen LogP contribution is -2.41. The molecule has 3 N–H and O–H groups in total. The SMILES string of the molecule is CC[C@H](N)C(=O)NCCS(=O)(=O)CC. The van der Waals surface area contributed by atoms with Gasteiger partial charge in [0.05, 0.1) is 11.8 Å². The number of rotatable bonds is 6. The van der Waals surface area contributed by atoms with Gasteiger partial charge in [-0.05, 0) is 6.42 Å². The molecule has 0 spiro atoms. The van der Waals surface area contributed by atoms with Crippen molar-refractivity contribution in [2.45, 2.75) is 26.3 Å². The molecule has 0 rings (SSSR count).